The number of nitrogens with zero attached hydrogens (tertiary/aromatic N) is 3. The van der Waals surface area contributed by atoms with Crippen molar-refractivity contribution in [1.29, 1.82) is 0 Å². The van der Waals surface area contributed by atoms with Crippen molar-refractivity contribution in [3.05, 3.63) is 44.9 Å². The average Bonchev–Trinajstić information content (AvgIpc) is 2.98. The highest BCUT2D eigenvalue weighted by Gasteiger charge is 2.12. The lowest BCUT2D eigenvalue weighted by atomic mass is 10.2. The van der Waals surface area contributed by atoms with E-state index in [0.717, 1.165) is 48.9 Å². The van der Waals surface area contributed by atoms with Gasteiger partial charge in [0.1, 0.15) is 0 Å². The fourth-order valence-corrected chi connectivity index (χ4v) is 3.54. The van der Waals surface area contributed by atoms with Crippen LogP contribution in [-0.4, -0.2) is 37.1 Å². The van der Waals surface area contributed by atoms with E-state index in [9.17, 15) is 0 Å². The van der Waals surface area contributed by atoms with Crippen LogP contribution in [0.25, 0.3) is 0 Å². The van der Waals surface area contributed by atoms with Gasteiger partial charge < -0.3 is 9.80 Å². The van der Waals surface area contributed by atoms with Crippen LogP contribution in [0, 0.1) is 0 Å². The fourth-order valence-electron chi connectivity index (χ4n) is 2.28. The molecule has 0 aliphatic rings. The maximum absolute atomic E-state index is 6.15. The van der Waals surface area contributed by atoms with E-state index in [4.69, 9.17) is 28.2 Å². The lowest BCUT2D eigenvalue weighted by Crippen LogP contribution is -2.26. The van der Waals surface area contributed by atoms with E-state index < -0.39 is 0 Å². The predicted molar refractivity (Wildman–Crippen MR) is 102 cm³/mol. The summed E-state index contributed by atoms with van der Waals surface area (Å²) in [6, 6.07) is 5.83. The maximum Gasteiger partial charge on any atom is 0.185 e. The van der Waals surface area contributed by atoms with E-state index in [1.165, 1.54) is 0 Å². The fraction of sp³-hybridized carbons (Fsp3) is 0.471. The Kier molecular flexibility index (Phi) is 7.15. The Balaban J connectivity index is 2.12. The molecule has 0 bridgehead atoms. The Bertz CT molecular complexity index is 628. The Hall–Kier alpha value is -0.810. The highest BCUT2D eigenvalue weighted by molar-refractivity contribution is 7.13. The first-order valence-corrected chi connectivity index (χ1v) is 9.41. The van der Waals surface area contributed by atoms with Crippen LogP contribution in [0.15, 0.2) is 23.6 Å². The van der Waals surface area contributed by atoms with Crippen LogP contribution >= 0.6 is 34.5 Å². The summed E-state index contributed by atoms with van der Waals surface area (Å²) in [6.07, 6.45) is 2.06. The number of thiazole rings is 1. The van der Waals surface area contributed by atoms with Crippen LogP contribution in [0.5, 0.6) is 0 Å². The molecule has 2 rings (SSSR count). The second-order valence-corrected chi connectivity index (χ2v) is 7.45. The third-order valence-electron chi connectivity index (χ3n) is 3.56. The molecule has 0 aliphatic heterocycles. The van der Waals surface area contributed by atoms with Gasteiger partial charge in [0.05, 0.1) is 15.7 Å². The van der Waals surface area contributed by atoms with Gasteiger partial charge in [-0.3, -0.25) is 0 Å². The monoisotopic (exact) mass is 371 g/mol. The summed E-state index contributed by atoms with van der Waals surface area (Å²) in [5.41, 5.74) is 2.30. The van der Waals surface area contributed by atoms with Gasteiger partial charge in [-0.05, 0) is 51.2 Å². The first-order chi connectivity index (χ1) is 11.0. The standard InChI is InChI=1S/C17H23Cl2N3S/c1-4-14-12-23-17(20-14)22(9-5-8-21(2)3)11-13-6-7-15(18)16(19)10-13/h6-7,10,12H,4-5,8-9,11H2,1-3H3. The van der Waals surface area contributed by atoms with Gasteiger partial charge in [-0.25, -0.2) is 4.98 Å². The first kappa shape index (κ1) is 18.5. The predicted octanol–water partition coefficient (Wildman–Crippen LogP) is 4.97. The molecule has 0 amide bonds. The van der Waals surface area contributed by atoms with Crippen LogP contribution in [0.4, 0.5) is 5.13 Å². The normalized spacial score (nSPS) is 11.2. The third-order valence-corrected chi connectivity index (χ3v) is 5.25. The van der Waals surface area contributed by atoms with Crippen molar-refractivity contribution in [2.75, 3.05) is 32.1 Å². The highest BCUT2D eigenvalue weighted by atomic mass is 35.5. The number of anilines is 1. The van der Waals surface area contributed by atoms with Crippen molar-refractivity contribution in [3.63, 3.8) is 0 Å². The molecule has 23 heavy (non-hydrogen) atoms. The van der Waals surface area contributed by atoms with Crippen LogP contribution in [0.2, 0.25) is 10.0 Å². The molecule has 1 heterocycles. The lowest BCUT2D eigenvalue weighted by molar-refractivity contribution is 0.400. The van der Waals surface area contributed by atoms with Gasteiger partial charge in [-0.1, -0.05) is 36.2 Å². The molecule has 1 aromatic heterocycles. The number of benzene rings is 1. The third kappa shape index (κ3) is 5.64. The molecule has 6 heteroatoms. The average molecular weight is 372 g/mol. The van der Waals surface area contributed by atoms with Gasteiger partial charge in [0.25, 0.3) is 0 Å². The quantitative estimate of drug-likeness (QED) is 0.652. The zero-order valence-corrected chi connectivity index (χ0v) is 16.2. The molecule has 0 atom stereocenters. The first-order valence-electron chi connectivity index (χ1n) is 7.77. The summed E-state index contributed by atoms with van der Waals surface area (Å²) in [5, 5.41) is 4.41. The summed E-state index contributed by atoms with van der Waals surface area (Å²) in [7, 11) is 4.20. The Morgan fingerprint density at radius 1 is 1.13 bits per heavy atom. The van der Waals surface area contributed by atoms with Gasteiger partial charge in [-0.15, -0.1) is 11.3 Å². The van der Waals surface area contributed by atoms with Gasteiger partial charge in [-0.2, -0.15) is 0 Å². The second kappa shape index (κ2) is 8.88. The minimum atomic E-state index is 0.595. The minimum absolute atomic E-state index is 0.595. The SMILES string of the molecule is CCc1csc(N(CCCN(C)C)Cc2ccc(Cl)c(Cl)c2)n1. The Morgan fingerprint density at radius 3 is 2.52 bits per heavy atom. The largest absolute Gasteiger partial charge is 0.344 e. The summed E-state index contributed by atoms with van der Waals surface area (Å²) < 4.78 is 0. The van der Waals surface area contributed by atoms with E-state index in [2.05, 4.69) is 36.2 Å². The summed E-state index contributed by atoms with van der Waals surface area (Å²) >= 11 is 13.9. The Labute approximate surface area is 152 Å². The number of aromatic nitrogens is 1. The lowest BCUT2D eigenvalue weighted by Gasteiger charge is -2.23. The number of aryl methyl sites for hydroxylation is 1. The molecule has 0 unspecified atom stereocenters. The van der Waals surface area contributed by atoms with Crippen molar-refractivity contribution < 1.29 is 0 Å². The zero-order chi connectivity index (χ0) is 16.8. The molecular weight excluding hydrogens is 349 g/mol. The number of rotatable bonds is 8. The summed E-state index contributed by atoms with van der Waals surface area (Å²) in [5.74, 6) is 0. The molecule has 0 radical (unpaired) electrons. The smallest absolute Gasteiger partial charge is 0.185 e. The molecule has 3 nitrogen and oxygen atoms in total. The van der Waals surface area contributed by atoms with Crippen molar-refractivity contribution >= 4 is 39.7 Å². The van der Waals surface area contributed by atoms with Crippen molar-refractivity contribution in [3.8, 4) is 0 Å². The topological polar surface area (TPSA) is 19.4 Å². The molecule has 0 aliphatic carbocycles. The Morgan fingerprint density at radius 2 is 1.91 bits per heavy atom. The molecule has 0 saturated carbocycles. The molecule has 1 aromatic carbocycles. The van der Waals surface area contributed by atoms with Crippen LogP contribution in [-0.2, 0) is 13.0 Å². The molecule has 126 valence electrons. The molecular formula is C17H23Cl2N3S. The van der Waals surface area contributed by atoms with Gasteiger partial charge in [0, 0.05) is 18.5 Å². The van der Waals surface area contributed by atoms with E-state index in [0.29, 0.717) is 10.0 Å². The van der Waals surface area contributed by atoms with Gasteiger partial charge in [0.15, 0.2) is 5.13 Å². The summed E-state index contributed by atoms with van der Waals surface area (Å²) in [4.78, 5) is 9.27. The zero-order valence-electron chi connectivity index (χ0n) is 13.9. The second-order valence-electron chi connectivity index (χ2n) is 5.80. The molecule has 0 N–H and O–H groups in total. The van der Waals surface area contributed by atoms with Crippen molar-refractivity contribution in [2.45, 2.75) is 26.3 Å². The van der Waals surface area contributed by atoms with E-state index in [-0.39, 0.29) is 0 Å². The van der Waals surface area contributed by atoms with Crippen molar-refractivity contribution in [2.24, 2.45) is 0 Å². The van der Waals surface area contributed by atoms with Gasteiger partial charge >= 0.3 is 0 Å². The maximum atomic E-state index is 6.15. The molecule has 0 fully saturated rings. The van der Waals surface area contributed by atoms with Crippen molar-refractivity contribution in [1.82, 2.24) is 9.88 Å². The number of hydrogen-bond donors (Lipinski definition) is 0. The molecule has 2 aromatic rings. The van der Waals surface area contributed by atoms with E-state index >= 15 is 0 Å². The van der Waals surface area contributed by atoms with E-state index in [1.807, 2.05) is 18.2 Å². The number of hydrogen-bond acceptors (Lipinski definition) is 4. The summed E-state index contributed by atoms with van der Waals surface area (Å²) in [6.45, 7) is 4.95. The minimum Gasteiger partial charge on any atom is -0.344 e. The molecule has 0 spiro atoms. The van der Waals surface area contributed by atoms with E-state index in [1.54, 1.807) is 11.3 Å². The van der Waals surface area contributed by atoms with Crippen LogP contribution < -0.4 is 4.90 Å². The van der Waals surface area contributed by atoms with Gasteiger partial charge in [0.2, 0.25) is 0 Å². The number of halogens is 2. The highest BCUT2D eigenvalue weighted by Crippen LogP contribution is 2.26. The van der Waals surface area contributed by atoms with Crippen LogP contribution in [0.1, 0.15) is 24.6 Å². The molecule has 0 saturated heterocycles. The van der Waals surface area contributed by atoms with Crippen LogP contribution in [0.3, 0.4) is 0 Å².